The van der Waals surface area contributed by atoms with Crippen LogP contribution in [0.15, 0.2) is 16.6 Å². The number of likely N-dealkylation sites (N-methyl/N-ethyl adjacent to an activating group) is 1. The first kappa shape index (κ1) is 12.5. The standard InChI is InChI=1S/C10H12BrClN2O/c1-6-3-7(11)9(4-8(6)12)14-10(15)5-13-2/h3-4,13H,5H2,1-2H3,(H,14,15). The van der Waals surface area contributed by atoms with Crippen molar-refractivity contribution in [1.29, 1.82) is 0 Å². The summed E-state index contributed by atoms with van der Waals surface area (Å²) < 4.78 is 0.828. The molecule has 82 valence electrons. The summed E-state index contributed by atoms with van der Waals surface area (Å²) in [6.07, 6.45) is 0. The molecule has 15 heavy (non-hydrogen) atoms. The van der Waals surface area contributed by atoms with Crippen LogP contribution in [-0.2, 0) is 4.79 Å². The minimum Gasteiger partial charge on any atom is -0.324 e. The average Bonchev–Trinajstić information content (AvgIpc) is 2.14. The summed E-state index contributed by atoms with van der Waals surface area (Å²) >= 11 is 9.33. The van der Waals surface area contributed by atoms with Gasteiger partial charge < -0.3 is 10.6 Å². The second-order valence-corrected chi connectivity index (χ2v) is 4.42. The average molecular weight is 292 g/mol. The predicted octanol–water partition coefficient (Wildman–Crippen LogP) is 2.57. The molecule has 5 heteroatoms. The largest absolute Gasteiger partial charge is 0.324 e. The van der Waals surface area contributed by atoms with E-state index in [2.05, 4.69) is 26.6 Å². The number of carbonyl (C=O) groups excluding carboxylic acids is 1. The maximum Gasteiger partial charge on any atom is 0.238 e. The number of anilines is 1. The van der Waals surface area contributed by atoms with Crippen molar-refractivity contribution < 1.29 is 4.79 Å². The highest BCUT2D eigenvalue weighted by atomic mass is 79.9. The van der Waals surface area contributed by atoms with E-state index in [4.69, 9.17) is 11.6 Å². The van der Waals surface area contributed by atoms with Crippen molar-refractivity contribution in [2.75, 3.05) is 18.9 Å². The molecule has 0 aromatic heterocycles. The predicted molar refractivity (Wildman–Crippen MR) is 66.4 cm³/mol. The molecule has 3 nitrogen and oxygen atoms in total. The minimum absolute atomic E-state index is 0.0990. The van der Waals surface area contributed by atoms with Crippen LogP contribution in [0.1, 0.15) is 5.56 Å². The lowest BCUT2D eigenvalue weighted by molar-refractivity contribution is -0.115. The van der Waals surface area contributed by atoms with Crippen molar-refractivity contribution in [2.24, 2.45) is 0 Å². The smallest absolute Gasteiger partial charge is 0.238 e. The summed E-state index contributed by atoms with van der Waals surface area (Å²) in [6, 6.07) is 3.60. The molecule has 0 bridgehead atoms. The molecule has 1 aromatic carbocycles. The Labute approximate surface area is 102 Å². The zero-order valence-corrected chi connectivity index (χ0v) is 10.9. The van der Waals surface area contributed by atoms with Crippen molar-refractivity contribution in [1.82, 2.24) is 5.32 Å². The van der Waals surface area contributed by atoms with Gasteiger partial charge in [-0.3, -0.25) is 4.79 Å². The van der Waals surface area contributed by atoms with Gasteiger partial charge in [0, 0.05) is 9.50 Å². The van der Waals surface area contributed by atoms with Gasteiger partial charge in [0.1, 0.15) is 0 Å². The van der Waals surface area contributed by atoms with Gasteiger partial charge in [-0.2, -0.15) is 0 Å². The molecule has 0 aliphatic carbocycles. The summed E-state index contributed by atoms with van der Waals surface area (Å²) in [4.78, 5) is 11.3. The molecule has 1 rings (SSSR count). The van der Waals surface area contributed by atoms with Gasteiger partial charge >= 0.3 is 0 Å². The van der Waals surface area contributed by atoms with E-state index < -0.39 is 0 Å². The summed E-state index contributed by atoms with van der Waals surface area (Å²) in [5.74, 6) is -0.0990. The Bertz CT molecular complexity index is 382. The SMILES string of the molecule is CNCC(=O)Nc1cc(Cl)c(C)cc1Br. The third kappa shape index (κ3) is 3.48. The molecule has 0 saturated heterocycles. The van der Waals surface area contributed by atoms with Crippen molar-refractivity contribution in [3.8, 4) is 0 Å². The fraction of sp³-hybridized carbons (Fsp3) is 0.300. The molecule has 1 amide bonds. The van der Waals surface area contributed by atoms with Gasteiger partial charge in [0.05, 0.1) is 12.2 Å². The number of aryl methyl sites for hydroxylation is 1. The maximum absolute atomic E-state index is 11.3. The van der Waals surface area contributed by atoms with Crippen LogP contribution in [0.3, 0.4) is 0 Å². The maximum atomic E-state index is 11.3. The molecule has 0 heterocycles. The van der Waals surface area contributed by atoms with Gasteiger partial charge in [-0.1, -0.05) is 11.6 Å². The van der Waals surface area contributed by atoms with Crippen molar-refractivity contribution >= 4 is 39.1 Å². The number of nitrogens with one attached hydrogen (secondary N) is 2. The quantitative estimate of drug-likeness (QED) is 0.899. The summed E-state index contributed by atoms with van der Waals surface area (Å²) in [5.41, 5.74) is 1.65. The first-order valence-electron chi connectivity index (χ1n) is 4.44. The van der Waals surface area contributed by atoms with E-state index in [0.29, 0.717) is 10.7 Å². The van der Waals surface area contributed by atoms with Crippen LogP contribution in [0.25, 0.3) is 0 Å². The number of carbonyl (C=O) groups is 1. The van der Waals surface area contributed by atoms with Crippen molar-refractivity contribution in [3.63, 3.8) is 0 Å². The van der Waals surface area contributed by atoms with Crippen LogP contribution in [0.4, 0.5) is 5.69 Å². The van der Waals surface area contributed by atoms with Crippen LogP contribution in [-0.4, -0.2) is 19.5 Å². The first-order chi connectivity index (χ1) is 7.04. The van der Waals surface area contributed by atoms with Crippen LogP contribution >= 0.6 is 27.5 Å². The highest BCUT2D eigenvalue weighted by Gasteiger charge is 2.07. The van der Waals surface area contributed by atoms with Gasteiger partial charge in [0.15, 0.2) is 0 Å². The number of halogens is 2. The van der Waals surface area contributed by atoms with Gasteiger partial charge in [-0.15, -0.1) is 0 Å². The van der Waals surface area contributed by atoms with Crippen LogP contribution in [0, 0.1) is 6.92 Å². The van der Waals surface area contributed by atoms with Crippen molar-refractivity contribution in [3.05, 3.63) is 27.2 Å². The summed E-state index contributed by atoms with van der Waals surface area (Å²) in [5, 5.41) is 6.16. The van der Waals surface area contributed by atoms with Gasteiger partial charge in [0.2, 0.25) is 5.91 Å². The number of benzene rings is 1. The Hall–Kier alpha value is -0.580. The molecular weight excluding hydrogens is 279 g/mol. The fourth-order valence-corrected chi connectivity index (χ4v) is 1.82. The molecule has 0 aliphatic rings. The van der Waals surface area contributed by atoms with Crippen LogP contribution < -0.4 is 10.6 Å². The van der Waals surface area contributed by atoms with Gasteiger partial charge in [-0.05, 0) is 47.6 Å². The highest BCUT2D eigenvalue weighted by molar-refractivity contribution is 9.10. The zero-order chi connectivity index (χ0) is 11.4. The van der Waals surface area contributed by atoms with E-state index in [1.54, 1.807) is 13.1 Å². The van der Waals surface area contributed by atoms with Crippen LogP contribution in [0.5, 0.6) is 0 Å². The molecule has 2 N–H and O–H groups in total. The van der Waals surface area contributed by atoms with Crippen molar-refractivity contribution in [2.45, 2.75) is 6.92 Å². The molecule has 0 saturated carbocycles. The van der Waals surface area contributed by atoms with E-state index in [9.17, 15) is 4.79 Å². The number of rotatable bonds is 3. The second kappa shape index (κ2) is 5.49. The van der Waals surface area contributed by atoms with E-state index >= 15 is 0 Å². The van der Waals surface area contributed by atoms with Crippen LogP contribution in [0.2, 0.25) is 5.02 Å². The zero-order valence-electron chi connectivity index (χ0n) is 8.53. The number of hydrogen-bond donors (Lipinski definition) is 2. The monoisotopic (exact) mass is 290 g/mol. The number of hydrogen-bond acceptors (Lipinski definition) is 2. The highest BCUT2D eigenvalue weighted by Crippen LogP contribution is 2.28. The molecule has 1 aromatic rings. The molecule has 0 spiro atoms. The molecule has 0 radical (unpaired) electrons. The van der Waals surface area contributed by atoms with E-state index in [1.807, 2.05) is 13.0 Å². The van der Waals surface area contributed by atoms with E-state index in [1.165, 1.54) is 0 Å². The Morgan fingerprint density at radius 3 is 2.80 bits per heavy atom. The Morgan fingerprint density at radius 1 is 1.53 bits per heavy atom. The topological polar surface area (TPSA) is 41.1 Å². The third-order valence-corrected chi connectivity index (χ3v) is 2.92. The van der Waals surface area contributed by atoms with E-state index in [0.717, 1.165) is 10.0 Å². The summed E-state index contributed by atoms with van der Waals surface area (Å²) in [7, 11) is 1.72. The lowest BCUT2D eigenvalue weighted by Gasteiger charge is -2.09. The normalized spacial score (nSPS) is 10.1. The minimum atomic E-state index is -0.0990. The molecule has 0 atom stereocenters. The van der Waals surface area contributed by atoms with Gasteiger partial charge in [0.25, 0.3) is 0 Å². The molecular formula is C10H12BrClN2O. The fourth-order valence-electron chi connectivity index (χ4n) is 1.10. The summed E-state index contributed by atoms with van der Waals surface area (Å²) in [6.45, 7) is 2.18. The second-order valence-electron chi connectivity index (χ2n) is 3.16. The third-order valence-electron chi connectivity index (χ3n) is 1.86. The first-order valence-corrected chi connectivity index (χ1v) is 5.61. The lowest BCUT2D eigenvalue weighted by Crippen LogP contribution is -2.25. The molecule has 0 fully saturated rings. The Balaban J connectivity index is 2.86. The Morgan fingerprint density at radius 2 is 2.20 bits per heavy atom. The molecule has 0 unspecified atom stereocenters. The lowest BCUT2D eigenvalue weighted by atomic mass is 10.2. The number of amides is 1. The van der Waals surface area contributed by atoms with Gasteiger partial charge in [-0.25, -0.2) is 0 Å². The Kier molecular flexibility index (Phi) is 4.57. The molecule has 0 aliphatic heterocycles. The van der Waals surface area contributed by atoms with E-state index in [-0.39, 0.29) is 12.5 Å².